The van der Waals surface area contributed by atoms with E-state index in [2.05, 4.69) is 21.3 Å². The number of likely N-dealkylation sites (tertiary alicyclic amines) is 1. The second-order valence-electron chi connectivity index (χ2n) is 6.95. The van der Waals surface area contributed by atoms with Crippen LogP contribution in [0.15, 0.2) is 24.5 Å². The summed E-state index contributed by atoms with van der Waals surface area (Å²) in [4.78, 5) is 19.2. The zero-order valence-electron chi connectivity index (χ0n) is 14.0. The fourth-order valence-corrected chi connectivity index (χ4v) is 3.64. The van der Waals surface area contributed by atoms with Crippen molar-refractivity contribution in [1.29, 1.82) is 0 Å². The molecule has 23 heavy (non-hydrogen) atoms. The van der Waals surface area contributed by atoms with Crippen molar-refractivity contribution in [2.45, 2.75) is 44.7 Å². The number of carbonyl (C=O) groups excluding carboxylic acids is 1. The smallest absolute Gasteiger partial charge is 0.228 e. The molecule has 0 bridgehead atoms. The maximum Gasteiger partial charge on any atom is 0.228 e. The van der Waals surface area contributed by atoms with Gasteiger partial charge in [-0.15, -0.1) is 0 Å². The first kappa shape index (κ1) is 16.4. The molecule has 1 saturated heterocycles. The Morgan fingerprint density at radius 2 is 2.22 bits per heavy atom. The topological polar surface area (TPSA) is 54.5 Å². The molecule has 0 spiro atoms. The van der Waals surface area contributed by atoms with Gasteiger partial charge in [0, 0.05) is 45.2 Å². The molecule has 1 aromatic heterocycles. The highest BCUT2D eigenvalue weighted by Gasteiger charge is 2.44. The van der Waals surface area contributed by atoms with E-state index < -0.39 is 0 Å². The first-order valence-electron chi connectivity index (χ1n) is 8.63. The van der Waals surface area contributed by atoms with Gasteiger partial charge in [-0.05, 0) is 37.3 Å². The number of nitrogens with one attached hydrogen (secondary N) is 1. The van der Waals surface area contributed by atoms with Gasteiger partial charge in [-0.3, -0.25) is 14.7 Å². The summed E-state index contributed by atoms with van der Waals surface area (Å²) in [5.74, 6) is 0.205. The summed E-state index contributed by atoms with van der Waals surface area (Å²) in [6.45, 7) is 3.55. The van der Waals surface area contributed by atoms with Crippen LogP contribution in [0.25, 0.3) is 0 Å². The first-order chi connectivity index (χ1) is 11.2. The second-order valence-corrected chi connectivity index (χ2v) is 6.95. The van der Waals surface area contributed by atoms with Gasteiger partial charge in [-0.2, -0.15) is 0 Å². The predicted molar refractivity (Wildman–Crippen MR) is 88.8 cm³/mol. The monoisotopic (exact) mass is 317 g/mol. The predicted octanol–water partition coefficient (Wildman–Crippen LogP) is 1.98. The zero-order chi connectivity index (χ0) is 16.1. The average Bonchev–Trinajstić information content (AvgIpc) is 2.53. The molecule has 1 aliphatic carbocycles. The maximum atomic E-state index is 12.6. The standard InChI is InChI=1S/C18H27N3O2/c1-23-14-18(7-3-8-18)17(22)20-16-5-10-21(11-6-16)13-15-4-2-9-19-12-15/h2,4,9,12,16H,3,5-8,10-11,13-14H2,1H3,(H,20,22). The number of aromatic nitrogens is 1. The Kier molecular flexibility index (Phi) is 5.28. The molecule has 2 aliphatic rings. The van der Waals surface area contributed by atoms with Gasteiger partial charge in [0.05, 0.1) is 12.0 Å². The van der Waals surface area contributed by atoms with Gasteiger partial charge in [-0.1, -0.05) is 12.5 Å². The Balaban J connectivity index is 1.45. The van der Waals surface area contributed by atoms with Crippen molar-refractivity contribution in [3.05, 3.63) is 30.1 Å². The Labute approximate surface area is 138 Å². The van der Waals surface area contributed by atoms with Crippen molar-refractivity contribution in [2.24, 2.45) is 5.41 Å². The van der Waals surface area contributed by atoms with E-state index in [4.69, 9.17) is 4.74 Å². The molecule has 1 aliphatic heterocycles. The minimum atomic E-state index is -0.248. The van der Waals surface area contributed by atoms with Crippen molar-refractivity contribution < 1.29 is 9.53 Å². The van der Waals surface area contributed by atoms with Crippen molar-refractivity contribution >= 4 is 5.91 Å². The number of ether oxygens (including phenoxy) is 1. The highest BCUT2D eigenvalue weighted by Crippen LogP contribution is 2.41. The van der Waals surface area contributed by atoms with Crippen LogP contribution in [0, 0.1) is 5.41 Å². The Hall–Kier alpha value is -1.46. The molecule has 5 nitrogen and oxygen atoms in total. The summed E-state index contributed by atoms with van der Waals surface area (Å²) in [7, 11) is 1.68. The van der Waals surface area contributed by atoms with E-state index in [1.807, 2.05) is 18.5 Å². The van der Waals surface area contributed by atoms with Crippen LogP contribution in [0.1, 0.15) is 37.7 Å². The number of piperidine rings is 1. The van der Waals surface area contributed by atoms with Crippen LogP contribution in [0.3, 0.4) is 0 Å². The van der Waals surface area contributed by atoms with Crippen molar-refractivity contribution in [2.75, 3.05) is 26.8 Å². The molecule has 1 saturated carbocycles. The van der Waals surface area contributed by atoms with E-state index in [0.29, 0.717) is 12.6 Å². The summed E-state index contributed by atoms with van der Waals surface area (Å²) >= 11 is 0. The van der Waals surface area contributed by atoms with Crippen LogP contribution in [-0.2, 0) is 16.1 Å². The molecule has 1 N–H and O–H groups in total. The van der Waals surface area contributed by atoms with Crippen molar-refractivity contribution in [1.82, 2.24) is 15.2 Å². The van der Waals surface area contributed by atoms with Crippen molar-refractivity contribution in [3.8, 4) is 0 Å². The number of nitrogens with zero attached hydrogens (tertiary/aromatic N) is 2. The normalized spacial score (nSPS) is 21.6. The molecular formula is C18H27N3O2. The van der Waals surface area contributed by atoms with Gasteiger partial charge >= 0.3 is 0 Å². The molecule has 1 amide bonds. The number of hydrogen-bond acceptors (Lipinski definition) is 4. The molecule has 0 aromatic carbocycles. The van der Waals surface area contributed by atoms with E-state index in [1.54, 1.807) is 7.11 Å². The van der Waals surface area contributed by atoms with E-state index in [9.17, 15) is 4.79 Å². The lowest BCUT2D eigenvalue weighted by Gasteiger charge is -2.41. The van der Waals surface area contributed by atoms with Gasteiger partial charge in [0.2, 0.25) is 5.91 Å². The number of hydrogen-bond donors (Lipinski definition) is 1. The van der Waals surface area contributed by atoms with Crippen LogP contribution in [0.5, 0.6) is 0 Å². The zero-order valence-corrected chi connectivity index (χ0v) is 14.0. The molecule has 0 radical (unpaired) electrons. The summed E-state index contributed by atoms with van der Waals surface area (Å²) in [5.41, 5.74) is 1.00. The van der Waals surface area contributed by atoms with Gasteiger partial charge in [0.1, 0.15) is 0 Å². The summed E-state index contributed by atoms with van der Waals surface area (Å²) in [6.07, 6.45) is 8.85. The van der Waals surface area contributed by atoms with Gasteiger partial charge < -0.3 is 10.1 Å². The van der Waals surface area contributed by atoms with Crippen molar-refractivity contribution in [3.63, 3.8) is 0 Å². The lowest BCUT2D eigenvalue weighted by molar-refractivity contribution is -0.141. The number of amides is 1. The number of rotatable bonds is 6. The van der Waals surface area contributed by atoms with E-state index in [1.165, 1.54) is 5.56 Å². The lowest BCUT2D eigenvalue weighted by Crippen LogP contribution is -2.53. The maximum absolute atomic E-state index is 12.6. The third-order valence-electron chi connectivity index (χ3n) is 5.26. The minimum absolute atomic E-state index is 0.205. The Morgan fingerprint density at radius 3 is 2.78 bits per heavy atom. The van der Waals surface area contributed by atoms with Crippen LogP contribution < -0.4 is 5.32 Å². The number of pyridine rings is 1. The highest BCUT2D eigenvalue weighted by molar-refractivity contribution is 5.84. The lowest BCUT2D eigenvalue weighted by atomic mass is 9.68. The van der Waals surface area contributed by atoms with Crippen LogP contribution in [0.4, 0.5) is 0 Å². The Morgan fingerprint density at radius 1 is 1.43 bits per heavy atom. The molecule has 2 fully saturated rings. The van der Waals surface area contributed by atoms with Crippen LogP contribution >= 0.6 is 0 Å². The largest absolute Gasteiger partial charge is 0.384 e. The second kappa shape index (κ2) is 7.41. The molecule has 3 rings (SSSR count). The van der Waals surface area contributed by atoms with E-state index >= 15 is 0 Å². The van der Waals surface area contributed by atoms with Gasteiger partial charge in [0.25, 0.3) is 0 Å². The molecule has 0 atom stereocenters. The minimum Gasteiger partial charge on any atom is -0.384 e. The number of carbonyl (C=O) groups is 1. The SMILES string of the molecule is COCC1(C(=O)NC2CCN(Cc3cccnc3)CC2)CCC1. The van der Waals surface area contributed by atoms with E-state index in [0.717, 1.165) is 51.7 Å². The quantitative estimate of drug-likeness (QED) is 0.872. The van der Waals surface area contributed by atoms with Gasteiger partial charge in [0.15, 0.2) is 0 Å². The summed E-state index contributed by atoms with van der Waals surface area (Å²) in [5, 5.41) is 3.27. The molecule has 5 heteroatoms. The molecule has 0 unspecified atom stereocenters. The Bertz CT molecular complexity index is 508. The summed E-state index contributed by atoms with van der Waals surface area (Å²) < 4.78 is 5.27. The third kappa shape index (κ3) is 3.90. The average molecular weight is 317 g/mol. The third-order valence-corrected chi connectivity index (χ3v) is 5.26. The van der Waals surface area contributed by atoms with Crippen LogP contribution in [0.2, 0.25) is 0 Å². The molecule has 126 valence electrons. The fourth-order valence-electron chi connectivity index (χ4n) is 3.64. The van der Waals surface area contributed by atoms with Crippen LogP contribution in [-0.4, -0.2) is 48.6 Å². The van der Waals surface area contributed by atoms with Gasteiger partial charge in [-0.25, -0.2) is 0 Å². The fraction of sp³-hybridized carbons (Fsp3) is 0.667. The number of methoxy groups -OCH3 is 1. The molecular weight excluding hydrogens is 290 g/mol. The molecule has 2 heterocycles. The van der Waals surface area contributed by atoms with E-state index in [-0.39, 0.29) is 11.3 Å². The summed E-state index contributed by atoms with van der Waals surface area (Å²) in [6, 6.07) is 4.41. The molecule has 1 aromatic rings. The first-order valence-corrected chi connectivity index (χ1v) is 8.63. The highest BCUT2D eigenvalue weighted by atomic mass is 16.5.